The molecule has 2 aliphatic rings. The number of fused-ring (bicyclic) bond motifs is 1. The van der Waals surface area contributed by atoms with E-state index in [1.165, 1.54) is 31.1 Å². The van der Waals surface area contributed by atoms with Crippen LogP contribution in [0.15, 0.2) is 11.6 Å². The molecular weight excluding hydrogens is 232 g/mol. The lowest BCUT2D eigenvalue weighted by atomic mass is 9.52. The standard InChI is InChI=1S/C18H30O/c1-6-11(2)17-14(5)9-15-12(3)7-8-13(4)18(15)16(17)10-19/h6,10,12-18H,7-9H2,1-5H3/b11-6-/t12-,13-,14-,15-,16+,17+,18+/m0/s1. The summed E-state index contributed by atoms with van der Waals surface area (Å²) in [4.78, 5) is 11.8. The van der Waals surface area contributed by atoms with Gasteiger partial charge in [0, 0.05) is 5.92 Å². The average molecular weight is 262 g/mol. The van der Waals surface area contributed by atoms with Crippen LogP contribution in [0.1, 0.15) is 53.9 Å². The SMILES string of the molecule is C/C=C(/C)[C@H]1[C@@H](C=O)[C@H]2[C@@H](C[C@@H]1C)[C@@H](C)CC[C@@H]2C. The highest BCUT2D eigenvalue weighted by atomic mass is 16.1. The van der Waals surface area contributed by atoms with Crippen LogP contribution in [0.3, 0.4) is 0 Å². The summed E-state index contributed by atoms with van der Waals surface area (Å²) in [5, 5.41) is 0. The van der Waals surface area contributed by atoms with E-state index >= 15 is 0 Å². The highest BCUT2D eigenvalue weighted by Crippen LogP contribution is 2.53. The summed E-state index contributed by atoms with van der Waals surface area (Å²) in [6.45, 7) is 11.5. The maximum Gasteiger partial charge on any atom is 0.123 e. The lowest BCUT2D eigenvalue weighted by molar-refractivity contribution is -0.122. The fourth-order valence-corrected chi connectivity index (χ4v) is 5.10. The summed E-state index contributed by atoms with van der Waals surface area (Å²) < 4.78 is 0. The molecule has 2 saturated carbocycles. The van der Waals surface area contributed by atoms with Crippen LogP contribution in [-0.2, 0) is 4.79 Å². The van der Waals surface area contributed by atoms with Crippen molar-refractivity contribution in [1.82, 2.24) is 0 Å². The van der Waals surface area contributed by atoms with Gasteiger partial charge in [-0.1, -0.05) is 45.3 Å². The molecule has 0 radical (unpaired) electrons. The molecule has 0 aromatic heterocycles. The Bertz CT molecular complexity index is 357. The maximum atomic E-state index is 11.8. The van der Waals surface area contributed by atoms with Gasteiger partial charge in [0.05, 0.1) is 0 Å². The lowest BCUT2D eigenvalue weighted by Gasteiger charge is -2.52. The van der Waals surface area contributed by atoms with Gasteiger partial charge in [-0.05, 0) is 55.8 Å². The summed E-state index contributed by atoms with van der Waals surface area (Å²) in [6, 6.07) is 0. The minimum atomic E-state index is 0.252. The molecule has 0 saturated heterocycles. The van der Waals surface area contributed by atoms with Crippen LogP contribution in [0.4, 0.5) is 0 Å². The van der Waals surface area contributed by atoms with Crippen molar-refractivity contribution in [2.45, 2.75) is 53.9 Å². The third-order valence-electron chi connectivity index (χ3n) is 6.21. The van der Waals surface area contributed by atoms with E-state index in [1.54, 1.807) is 0 Å². The van der Waals surface area contributed by atoms with Gasteiger partial charge < -0.3 is 4.79 Å². The second-order valence-electron chi connectivity index (χ2n) is 7.26. The Morgan fingerprint density at radius 3 is 2.26 bits per heavy atom. The van der Waals surface area contributed by atoms with Gasteiger partial charge >= 0.3 is 0 Å². The molecule has 0 N–H and O–H groups in total. The molecule has 0 unspecified atom stereocenters. The molecule has 1 heteroatoms. The zero-order chi connectivity index (χ0) is 14.2. The molecule has 0 heterocycles. The first-order valence-electron chi connectivity index (χ1n) is 8.09. The zero-order valence-electron chi connectivity index (χ0n) is 13.2. The largest absolute Gasteiger partial charge is 0.303 e. The van der Waals surface area contributed by atoms with Gasteiger partial charge in [0.1, 0.15) is 6.29 Å². The lowest BCUT2D eigenvalue weighted by Crippen LogP contribution is -2.47. The highest BCUT2D eigenvalue weighted by molar-refractivity contribution is 5.56. The van der Waals surface area contributed by atoms with Crippen molar-refractivity contribution >= 4 is 6.29 Å². The van der Waals surface area contributed by atoms with Crippen molar-refractivity contribution in [3.8, 4) is 0 Å². The second kappa shape index (κ2) is 5.81. The maximum absolute atomic E-state index is 11.8. The van der Waals surface area contributed by atoms with E-state index < -0.39 is 0 Å². The monoisotopic (exact) mass is 262 g/mol. The van der Waals surface area contributed by atoms with Gasteiger partial charge in [-0.25, -0.2) is 0 Å². The summed E-state index contributed by atoms with van der Waals surface area (Å²) in [6.07, 6.45) is 7.49. The highest BCUT2D eigenvalue weighted by Gasteiger charge is 2.48. The summed E-state index contributed by atoms with van der Waals surface area (Å²) in [5.74, 6) is 4.31. The van der Waals surface area contributed by atoms with E-state index in [4.69, 9.17) is 0 Å². The number of rotatable bonds is 2. The normalized spacial score (nSPS) is 47.6. The first kappa shape index (κ1) is 14.8. The van der Waals surface area contributed by atoms with Gasteiger partial charge in [0.25, 0.3) is 0 Å². The number of allylic oxidation sites excluding steroid dienone is 2. The van der Waals surface area contributed by atoms with Crippen LogP contribution in [0.2, 0.25) is 0 Å². The Hall–Kier alpha value is -0.590. The predicted molar refractivity (Wildman–Crippen MR) is 80.8 cm³/mol. The van der Waals surface area contributed by atoms with Gasteiger partial charge in [-0.3, -0.25) is 0 Å². The molecule has 0 spiro atoms. The number of aldehydes is 1. The van der Waals surface area contributed by atoms with Crippen LogP contribution in [0.25, 0.3) is 0 Å². The molecule has 2 aliphatic carbocycles. The summed E-state index contributed by atoms with van der Waals surface area (Å²) in [7, 11) is 0. The average Bonchev–Trinajstić information content (AvgIpc) is 2.40. The van der Waals surface area contributed by atoms with Crippen molar-refractivity contribution in [2.24, 2.45) is 41.4 Å². The second-order valence-corrected chi connectivity index (χ2v) is 7.26. The molecule has 2 fully saturated rings. The van der Waals surface area contributed by atoms with Crippen LogP contribution in [0.5, 0.6) is 0 Å². The number of hydrogen-bond acceptors (Lipinski definition) is 1. The third kappa shape index (κ3) is 2.53. The third-order valence-corrected chi connectivity index (χ3v) is 6.21. The first-order chi connectivity index (χ1) is 9.01. The molecule has 0 aromatic rings. The minimum absolute atomic E-state index is 0.252. The molecule has 0 bridgehead atoms. The number of carbonyl (C=O) groups is 1. The quantitative estimate of drug-likeness (QED) is 0.520. The van der Waals surface area contributed by atoms with E-state index in [0.717, 1.165) is 17.8 Å². The van der Waals surface area contributed by atoms with Crippen molar-refractivity contribution in [2.75, 3.05) is 0 Å². The molecule has 1 nitrogen and oxygen atoms in total. The molecule has 7 atom stereocenters. The molecule has 108 valence electrons. The summed E-state index contributed by atoms with van der Waals surface area (Å²) in [5.41, 5.74) is 1.42. The molecule has 0 aliphatic heterocycles. The first-order valence-corrected chi connectivity index (χ1v) is 8.09. The van der Waals surface area contributed by atoms with E-state index in [9.17, 15) is 4.79 Å². The molecule has 0 amide bonds. The van der Waals surface area contributed by atoms with E-state index in [1.807, 2.05) is 0 Å². The predicted octanol–water partition coefficient (Wildman–Crippen LogP) is 4.72. The smallest absolute Gasteiger partial charge is 0.123 e. The molecular formula is C18H30O. The topological polar surface area (TPSA) is 17.1 Å². The Labute approximate surface area is 118 Å². The Kier molecular flexibility index (Phi) is 4.53. The van der Waals surface area contributed by atoms with Crippen molar-refractivity contribution < 1.29 is 4.79 Å². The van der Waals surface area contributed by atoms with Crippen LogP contribution in [-0.4, -0.2) is 6.29 Å². The van der Waals surface area contributed by atoms with E-state index in [2.05, 4.69) is 40.7 Å². The zero-order valence-corrected chi connectivity index (χ0v) is 13.2. The van der Waals surface area contributed by atoms with Gasteiger partial charge in [-0.15, -0.1) is 0 Å². The van der Waals surface area contributed by atoms with Gasteiger partial charge in [0.2, 0.25) is 0 Å². The fraction of sp³-hybridized carbons (Fsp3) is 0.833. The van der Waals surface area contributed by atoms with Crippen LogP contribution < -0.4 is 0 Å². The minimum Gasteiger partial charge on any atom is -0.303 e. The Morgan fingerprint density at radius 2 is 1.68 bits per heavy atom. The van der Waals surface area contributed by atoms with Gasteiger partial charge in [-0.2, -0.15) is 0 Å². The van der Waals surface area contributed by atoms with Crippen molar-refractivity contribution in [1.29, 1.82) is 0 Å². The fourth-order valence-electron chi connectivity index (χ4n) is 5.10. The number of carbonyl (C=O) groups excluding carboxylic acids is 1. The van der Waals surface area contributed by atoms with Crippen LogP contribution >= 0.6 is 0 Å². The Balaban J connectivity index is 2.34. The van der Waals surface area contributed by atoms with Crippen LogP contribution in [0, 0.1) is 41.4 Å². The van der Waals surface area contributed by atoms with Crippen molar-refractivity contribution in [3.05, 3.63) is 11.6 Å². The summed E-state index contributed by atoms with van der Waals surface area (Å²) >= 11 is 0. The van der Waals surface area contributed by atoms with E-state index in [-0.39, 0.29) is 5.92 Å². The van der Waals surface area contributed by atoms with Gasteiger partial charge in [0.15, 0.2) is 0 Å². The Morgan fingerprint density at radius 1 is 1.05 bits per heavy atom. The molecule has 0 aromatic carbocycles. The number of hydrogen-bond donors (Lipinski definition) is 0. The van der Waals surface area contributed by atoms with Crippen molar-refractivity contribution in [3.63, 3.8) is 0 Å². The van der Waals surface area contributed by atoms with E-state index in [0.29, 0.717) is 17.8 Å². The molecule has 19 heavy (non-hydrogen) atoms. The molecule has 2 rings (SSSR count).